The molecule has 0 amide bonds. The summed E-state index contributed by atoms with van der Waals surface area (Å²) in [6, 6.07) is 6.31. The molecule has 0 aliphatic rings. The highest BCUT2D eigenvalue weighted by Gasteiger charge is 2.00. The van der Waals surface area contributed by atoms with Crippen molar-refractivity contribution < 1.29 is 0 Å². The van der Waals surface area contributed by atoms with E-state index in [2.05, 4.69) is 28.9 Å². The minimum atomic E-state index is 0.127. The van der Waals surface area contributed by atoms with E-state index in [1.807, 2.05) is 19.1 Å². The molecular formula is C9H12BrN. The monoisotopic (exact) mass is 213 g/mol. The predicted octanol–water partition coefficient (Wildman–Crippen LogP) is 2.78. The zero-order chi connectivity index (χ0) is 8.43. The number of halogens is 1. The fraction of sp³-hybridized carbons (Fsp3) is 0.333. The van der Waals surface area contributed by atoms with Crippen molar-refractivity contribution in [1.82, 2.24) is 0 Å². The second kappa shape index (κ2) is 3.37. The molecule has 0 bridgehead atoms. The predicted molar refractivity (Wildman–Crippen MR) is 51.5 cm³/mol. The molecule has 2 N–H and O–H groups in total. The molecule has 2 heteroatoms. The summed E-state index contributed by atoms with van der Waals surface area (Å²) < 4.78 is 1.14. The van der Waals surface area contributed by atoms with E-state index < -0.39 is 0 Å². The fourth-order valence-corrected chi connectivity index (χ4v) is 1.20. The maximum Gasteiger partial charge on any atom is 0.0266 e. The Bertz CT molecular complexity index is 256. The topological polar surface area (TPSA) is 26.0 Å². The van der Waals surface area contributed by atoms with Crippen molar-refractivity contribution in [2.45, 2.75) is 19.9 Å². The van der Waals surface area contributed by atoms with Gasteiger partial charge in [-0.05, 0) is 31.0 Å². The van der Waals surface area contributed by atoms with Gasteiger partial charge in [-0.25, -0.2) is 0 Å². The average Bonchev–Trinajstić information content (AvgIpc) is 1.94. The summed E-state index contributed by atoms with van der Waals surface area (Å²) in [6.45, 7) is 4.05. The van der Waals surface area contributed by atoms with Gasteiger partial charge in [0.15, 0.2) is 0 Å². The molecule has 0 heterocycles. The Kier molecular flexibility index (Phi) is 2.68. The van der Waals surface area contributed by atoms with Crippen LogP contribution in [0.15, 0.2) is 22.7 Å². The van der Waals surface area contributed by atoms with Crippen LogP contribution in [0.3, 0.4) is 0 Å². The van der Waals surface area contributed by atoms with E-state index in [1.54, 1.807) is 0 Å². The van der Waals surface area contributed by atoms with E-state index in [1.165, 1.54) is 11.1 Å². The van der Waals surface area contributed by atoms with Crippen LogP contribution in [0.25, 0.3) is 0 Å². The van der Waals surface area contributed by atoms with Crippen molar-refractivity contribution in [1.29, 1.82) is 0 Å². The molecule has 0 spiro atoms. The van der Waals surface area contributed by atoms with Gasteiger partial charge >= 0.3 is 0 Å². The van der Waals surface area contributed by atoms with Crippen LogP contribution in [0.1, 0.15) is 24.1 Å². The van der Waals surface area contributed by atoms with Crippen molar-refractivity contribution in [3.05, 3.63) is 33.8 Å². The van der Waals surface area contributed by atoms with Crippen LogP contribution in [0.4, 0.5) is 0 Å². The van der Waals surface area contributed by atoms with Crippen LogP contribution < -0.4 is 5.73 Å². The van der Waals surface area contributed by atoms with E-state index in [0.717, 1.165) is 4.47 Å². The van der Waals surface area contributed by atoms with Crippen LogP contribution in [0.2, 0.25) is 0 Å². The molecule has 0 fully saturated rings. The Morgan fingerprint density at radius 1 is 1.45 bits per heavy atom. The minimum absolute atomic E-state index is 0.127. The Labute approximate surface area is 75.7 Å². The summed E-state index contributed by atoms with van der Waals surface area (Å²) in [6.07, 6.45) is 0. The maximum absolute atomic E-state index is 5.72. The van der Waals surface area contributed by atoms with Crippen LogP contribution in [-0.4, -0.2) is 0 Å². The number of nitrogens with two attached hydrogens (primary N) is 1. The highest BCUT2D eigenvalue weighted by atomic mass is 79.9. The first-order valence-corrected chi connectivity index (χ1v) is 4.42. The van der Waals surface area contributed by atoms with Crippen molar-refractivity contribution in [2.75, 3.05) is 0 Å². The highest BCUT2D eigenvalue weighted by molar-refractivity contribution is 9.10. The molecule has 1 unspecified atom stereocenters. The Morgan fingerprint density at radius 3 is 2.55 bits per heavy atom. The van der Waals surface area contributed by atoms with Gasteiger partial charge in [-0.1, -0.05) is 28.1 Å². The lowest BCUT2D eigenvalue weighted by Gasteiger charge is -2.06. The molecule has 0 saturated carbocycles. The quantitative estimate of drug-likeness (QED) is 0.764. The molecule has 0 aliphatic carbocycles. The lowest BCUT2D eigenvalue weighted by Crippen LogP contribution is -2.04. The smallest absolute Gasteiger partial charge is 0.0266 e. The van der Waals surface area contributed by atoms with Crippen LogP contribution in [0, 0.1) is 6.92 Å². The first kappa shape index (κ1) is 8.75. The second-order valence-corrected chi connectivity index (χ2v) is 3.65. The van der Waals surface area contributed by atoms with Gasteiger partial charge in [0, 0.05) is 10.5 Å². The molecule has 1 aromatic rings. The van der Waals surface area contributed by atoms with E-state index in [4.69, 9.17) is 5.73 Å². The van der Waals surface area contributed by atoms with Crippen LogP contribution in [-0.2, 0) is 0 Å². The number of benzene rings is 1. The largest absolute Gasteiger partial charge is 0.324 e. The van der Waals surface area contributed by atoms with Crippen LogP contribution >= 0.6 is 15.9 Å². The van der Waals surface area contributed by atoms with Crippen molar-refractivity contribution in [3.63, 3.8) is 0 Å². The summed E-state index contributed by atoms with van der Waals surface area (Å²) in [7, 11) is 0. The Morgan fingerprint density at radius 2 is 2.09 bits per heavy atom. The summed E-state index contributed by atoms with van der Waals surface area (Å²) >= 11 is 3.44. The van der Waals surface area contributed by atoms with Crippen molar-refractivity contribution in [3.8, 4) is 0 Å². The molecule has 1 atom stereocenters. The summed E-state index contributed by atoms with van der Waals surface area (Å²) in [5, 5.41) is 0. The van der Waals surface area contributed by atoms with Gasteiger partial charge in [0.1, 0.15) is 0 Å². The third kappa shape index (κ3) is 2.04. The molecule has 0 saturated heterocycles. The molecule has 0 radical (unpaired) electrons. The van der Waals surface area contributed by atoms with Crippen molar-refractivity contribution >= 4 is 15.9 Å². The van der Waals surface area contributed by atoms with Gasteiger partial charge < -0.3 is 5.73 Å². The number of rotatable bonds is 1. The second-order valence-electron chi connectivity index (χ2n) is 2.80. The zero-order valence-electron chi connectivity index (χ0n) is 6.76. The fourth-order valence-electron chi connectivity index (χ4n) is 0.951. The molecule has 60 valence electrons. The summed E-state index contributed by atoms with van der Waals surface area (Å²) in [4.78, 5) is 0. The van der Waals surface area contributed by atoms with Gasteiger partial charge in [-0.2, -0.15) is 0 Å². The first-order chi connectivity index (χ1) is 5.11. The minimum Gasteiger partial charge on any atom is -0.324 e. The SMILES string of the molecule is Cc1cc(C(C)N)ccc1Br. The molecule has 1 rings (SSSR count). The lowest BCUT2D eigenvalue weighted by molar-refractivity contribution is 0.816. The van der Waals surface area contributed by atoms with Gasteiger partial charge in [0.25, 0.3) is 0 Å². The van der Waals surface area contributed by atoms with Gasteiger partial charge in [-0.15, -0.1) is 0 Å². The molecular weight excluding hydrogens is 202 g/mol. The standard InChI is InChI=1S/C9H12BrN/c1-6-5-8(7(2)11)3-4-9(6)10/h3-5,7H,11H2,1-2H3. The zero-order valence-corrected chi connectivity index (χ0v) is 8.35. The summed E-state index contributed by atoms with van der Waals surface area (Å²) in [5.74, 6) is 0. The number of hydrogen-bond acceptors (Lipinski definition) is 1. The molecule has 0 aliphatic heterocycles. The van der Waals surface area contributed by atoms with E-state index in [9.17, 15) is 0 Å². The number of aryl methyl sites for hydroxylation is 1. The average molecular weight is 214 g/mol. The molecule has 1 nitrogen and oxygen atoms in total. The first-order valence-electron chi connectivity index (χ1n) is 3.63. The van der Waals surface area contributed by atoms with Gasteiger partial charge in [-0.3, -0.25) is 0 Å². The van der Waals surface area contributed by atoms with E-state index in [-0.39, 0.29) is 6.04 Å². The molecule has 11 heavy (non-hydrogen) atoms. The Hall–Kier alpha value is -0.340. The van der Waals surface area contributed by atoms with E-state index in [0.29, 0.717) is 0 Å². The van der Waals surface area contributed by atoms with Gasteiger partial charge in [0.05, 0.1) is 0 Å². The van der Waals surface area contributed by atoms with E-state index >= 15 is 0 Å². The highest BCUT2D eigenvalue weighted by Crippen LogP contribution is 2.19. The molecule has 0 aromatic heterocycles. The molecule has 1 aromatic carbocycles. The third-order valence-electron chi connectivity index (χ3n) is 1.71. The van der Waals surface area contributed by atoms with Crippen LogP contribution in [0.5, 0.6) is 0 Å². The van der Waals surface area contributed by atoms with Crippen molar-refractivity contribution in [2.24, 2.45) is 5.73 Å². The van der Waals surface area contributed by atoms with Gasteiger partial charge in [0.2, 0.25) is 0 Å². The summed E-state index contributed by atoms with van der Waals surface area (Å²) in [5.41, 5.74) is 8.14. The lowest BCUT2D eigenvalue weighted by atomic mass is 10.1. The number of hydrogen-bond donors (Lipinski definition) is 1. The Balaban J connectivity index is 3.05. The maximum atomic E-state index is 5.72. The normalized spacial score (nSPS) is 13.1. The third-order valence-corrected chi connectivity index (χ3v) is 2.60.